The quantitative estimate of drug-likeness (QED) is 0.704. The van der Waals surface area contributed by atoms with Crippen molar-refractivity contribution >= 4 is 29.0 Å². The van der Waals surface area contributed by atoms with Crippen molar-refractivity contribution in [2.75, 3.05) is 6.61 Å². The Kier molecular flexibility index (Phi) is 4.30. The molecule has 0 unspecified atom stereocenters. The van der Waals surface area contributed by atoms with Crippen LogP contribution in [0.2, 0.25) is 0 Å². The molecule has 4 rings (SSSR count). The zero-order valence-electron chi connectivity index (χ0n) is 14.5. The molecule has 1 aromatic heterocycles. The van der Waals surface area contributed by atoms with E-state index in [2.05, 4.69) is 9.98 Å². The lowest BCUT2D eigenvalue weighted by Gasteiger charge is -2.04. The lowest BCUT2D eigenvalue weighted by atomic mass is 10.0. The lowest BCUT2D eigenvalue weighted by molar-refractivity contribution is -0.134. The number of aromatic hydroxyl groups is 1. The number of para-hydroxylation sites is 1. The second-order valence-corrected chi connectivity index (χ2v) is 5.83. The van der Waals surface area contributed by atoms with Crippen LogP contribution in [0.15, 0.2) is 64.0 Å². The van der Waals surface area contributed by atoms with Crippen LogP contribution in [0.1, 0.15) is 18.2 Å². The van der Waals surface area contributed by atoms with Gasteiger partial charge in [-0.3, -0.25) is 0 Å². The Morgan fingerprint density at radius 3 is 2.67 bits per heavy atom. The molecule has 2 heterocycles. The minimum Gasteiger partial charge on any atom is -0.479 e. The first-order chi connectivity index (χ1) is 13.2. The minimum atomic E-state index is -0.522. The molecule has 0 spiro atoms. The molecule has 0 atom stereocenters. The van der Waals surface area contributed by atoms with Crippen LogP contribution < -0.4 is 0 Å². The molecule has 0 radical (unpaired) electrons. The number of rotatable bonds is 4. The summed E-state index contributed by atoms with van der Waals surface area (Å²) in [5.74, 6) is -0.555. The Labute approximate surface area is 155 Å². The highest BCUT2D eigenvalue weighted by molar-refractivity contribution is 6.58. The van der Waals surface area contributed by atoms with Gasteiger partial charge in [-0.2, -0.15) is 0 Å². The molecule has 134 valence electrons. The number of carbonyl (C=O) groups excluding carboxylic acids is 1. The third kappa shape index (κ3) is 3.13. The third-order valence-corrected chi connectivity index (χ3v) is 4.09. The maximum atomic E-state index is 12.3. The van der Waals surface area contributed by atoms with Gasteiger partial charge in [-0.25, -0.2) is 14.8 Å². The number of fused-ring (bicyclic) bond motifs is 1. The number of esters is 1. The first-order valence-corrected chi connectivity index (χ1v) is 8.50. The van der Waals surface area contributed by atoms with Gasteiger partial charge >= 0.3 is 11.9 Å². The van der Waals surface area contributed by atoms with Crippen LogP contribution in [-0.4, -0.2) is 28.4 Å². The van der Waals surface area contributed by atoms with Crippen molar-refractivity contribution in [3.8, 4) is 17.4 Å². The lowest BCUT2D eigenvalue weighted by Crippen LogP contribution is -2.16. The van der Waals surface area contributed by atoms with Gasteiger partial charge in [0.2, 0.25) is 5.89 Å². The molecule has 6 heteroatoms. The van der Waals surface area contributed by atoms with Gasteiger partial charge in [-0.15, -0.1) is 0 Å². The van der Waals surface area contributed by atoms with Crippen LogP contribution in [0.5, 0.6) is 5.95 Å². The highest BCUT2D eigenvalue weighted by Crippen LogP contribution is 2.37. The average Bonchev–Trinajstić information content (AvgIpc) is 3.24. The van der Waals surface area contributed by atoms with E-state index >= 15 is 0 Å². The van der Waals surface area contributed by atoms with Crippen LogP contribution >= 0.6 is 0 Å². The van der Waals surface area contributed by atoms with Gasteiger partial charge in [-0.1, -0.05) is 36.4 Å². The number of oxazole rings is 1. The summed E-state index contributed by atoms with van der Waals surface area (Å²) in [7, 11) is 0. The summed E-state index contributed by atoms with van der Waals surface area (Å²) in [6.07, 6.45) is 1.59. The summed E-state index contributed by atoms with van der Waals surface area (Å²) < 4.78 is 10.5. The zero-order valence-corrected chi connectivity index (χ0v) is 14.5. The first kappa shape index (κ1) is 16.8. The summed E-state index contributed by atoms with van der Waals surface area (Å²) >= 11 is 0. The Morgan fingerprint density at radius 1 is 1.15 bits per heavy atom. The first-order valence-electron chi connectivity index (χ1n) is 8.50. The van der Waals surface area contributed by atoms with E-state index in [9.17, 15) is 9.90 Å². The van der Waals surface area contributed by atoms with Crippen molar-refractivity contribution in [3.63, 3.8) is 0 Å². The summed E-state index contributed by atoms with van der Waals surface area (Å²) in [6.45, 7) is 1.98. The van der Waals surface area contributed by atoms with E-state index in [-0.39, 0.29) is 24.0 Å². The number of nitrogens with zero attached hydrogens (tertiary/aromatic N) is 2. The van der Waals surface area contributed by atoms with E-state index in [0.29, 0.717) is 17.2 Å². The number of benzene rings is 2. The molecule has 0 bridgehead atoms. The molecule has 1 aliphatic heterocycles. The molecule has 2 aromatic carbocycles. The topological polar surface area (TPSA) is 84.9 Å². The number of aromatic nitrogens is 1. The molecule has 0 amide bonds. The Hall–Kier alpha value is -3.67. The normalized spacial score (nSPS) is 14.1. The van der Waals surface area contributed by atoms with Crippen molar-refractivity contribution in [2.45, 2.75) is 6.92 Å². The van der Waals surface area contributed by atoms with E-state index < -0.39 is 5.97 Å². The smallest absolute Gasteiger partial charge is 0.357 e. The average molecular weight is 360 g/mol. The molecule has 3 aromatic rings. The van der Waals surface area contributed by atoms with Gasteiger partial charge in [0, 0.05) is 16.7 Å². The fourth-order valence-electron chi connectivity index (χ4n) is 2.87. The molecular weight excluding hydrogens is 344 g/mol. The molecule has 0 saturated carbocycles. The van der Waals surface area contributed by atoms with Crippen LogP contribution in [0, 0.1) is 0 Å². The molecule has 1 aliphatic rings. The zero-order chi connectivity index (χ0) is 18.8. The van der Waals surface area contributed by atoms with Crippen LogP contribution in [0.3, 0.4) is 0 Å². The van der Waals surface area contributed by atoms with Crippen molar-refractivity contribution < 1.29 is 19.1 Å². The van der Waals surface area contributed by atoms with Crippen molar-refractivity contribution in [3.05, 3.63) is 65.9 Å². The van der Waals surface area contributed by atoms with Gasteiger partial charge < -0.3 is 14.3 Å². The Morgan fingerprint density at radius 2 is 1.89 bits per heavy atom. The molecule has 27 heavy (non-hydrogen) atoms. The molecule has 0 saturated heterocycles. The Balaban J connectivity index is 1.79. The fraction of sp³-hybridized carbons (Fsp3) is 0.0952. The van der Waals surface area contributed by atoms with Gasteiger partial charge in [-0.05, 0) is 31.2 Å². The number of aliphatic imine (C=N–C) groups is 1. The highest BCUT2D eigenvalue weighted by atomic mass is 16.5. The van der Waals surface area contributed by atoms with Crippen LogP contribution in [0.25, 0.3) is 23.1 Å². The van der Waals surface area contributed by atoms with E-state index in [1.165, 1.54) is 0 Å². The van der Waals surface area contributed by atoms with Gasteiger partial charge in [0.15, 0.2) is 5.71 Å². The Bertz CT molecular complexity index is 1060. The molecular formula is C21H16N2O4. The van der Waals surface area contributed by atoms with E-state index in [4.69, 9.17) is 9.15 Å². The third-order valence-electron chi connectivity index (χ3n) is 4.09. The second kappa shape index (κ2) is 6.92. The number of ether oxygens (including phenoxy) is 1. The van der Waals surface area contributed by atoms with Gasteiger partial charge in [0.05, 0.1) is 12.3 Å². The van der Waals surface area contributed by atoms with Gasteiger partial charge in [0.25, 0.3) is 0 Å². The maximum absolute atomic E-state index is 12.3. The monoisotopic (exact) mass is 360 g/mol. The van der Waals surface area contributed by atoms with Crippen LogP contribution in [0.4, 0.5) is 5.69 Å². The molecule has 0 fully saturated rings. The molecule has 0 aliphatic carbocycles. The van der Waals surface area contributed by atoms with Crippen molar-refractivity contribution in [1.82, 2.24) is 4.98 Å². The van der Waals surface area contributed by atoms with Gasteiger partial charge in [0.1, 0.15) is 5.69 Å². The number of carbonyl (C=O) groups is 1. The number of hydrogen-bond donors (Lipinski definition) is 1. The van der Waals surface area contributed by atoms with E-state index in [1.807, 2.05) is 54.6 Å². The molecule has 1 N–H and O–H groups in total. The summed E-state index contributed by atoms with van der Waals surface area (Å²) in [6, 6.07) is 16.6. The summed E-state index contributed by atoms with van der Waals surface area (Å²) in [5.41, 5.74) is 3.11. The fourth-order valence-corrected chi connectivity index (χ4v) is 2.87. The van der Waals surface area contributed by atoms with E-state index in [0.717, 1.165) is 11.1 Å². The van der Waals surface area contributed by atoms with Crippen LogP contribution in [-0.2, 0) is 9.53 Å². The standard InChI is InChI=1S/C21H16N2O4/c1-2-26-21(25)18-15(14-10-6-7-11-16(14)22-18)12-17-20(24)27-19(23-17)13-8-4-3-5-9-13/h3-12,24H,2H2,1H3/b15-12+. The minimum absolute atomic E-state index is 0.182. The van der Waals surface area contributed by atoms with Crippen molar-refractivity contribution in [2.24, 2.45) is 4.99 Å². The largest absolute Gasteiger partial charge is 0.479 e. The predicted octanol–water partition coefficient (Wildman–Crippen LogP) is 4.24. The van der Waals surface area contributed by atoms with Crippen molar-refractivity contribution in [1.29, 1.82) is 0 Å². The SMILES string of the molecule is CCOC(=O)C1=Nc2ccccc2/C1=C\c1nc(-c2ccccc2)oc1O. The predicted molar refractivity (Wildman–Crippen MR) is 102 cm³/mol. The maximum Gasteiger partial charge on any atom is 0.357 e. The summed E-state index contributed by atoms with van der Waals surface area (Å²) in [5, 5.41) is 10.2. The summed E-state index contributed by atoms with van der Waals surface area (Å²) in [4.78, 5) is 21.1. The second-order valence-electron chi connectivity index (χ2n) is 5.83. The number of hydrogen-bond acceptors (Lipinski definition) is 6. The highest BCUT2D eigenvalue weighted by Gasteiger charge is 2.28. The molecule has 6 nitrogen and oxygen atoms in total. The van der Waals surface area contributed by atoms with E-state index in [1.54, 1.807) is 13.0 Å².